The molecule has 2 aliphatic rings. The molecule has 0 heterocycles. The van der Waals surface area contributed by atoms with E-state index in [1.54, 1.807) is 0 Å². The fourth-order valence-corrected chi connectivity index (χ4v) is 5.54. The third-order valence-corrected chi connectivity index (χ3v) is 10.6. The van der Waals surface area contributed by atoms with Crippen LogP contribution in [0.5, 0.6) is 0 Å². The fourth-order valence-electron chi connectivity index (χ4n) is 3.91. The first-order valence-electron chi connectivity index (χ1n) is 8.49. The normalized spacial score (nSPS) is 37.1. The SMILES string of the molecule is CCC[C@@]1(O)C(=O)[C@H]2CCCC[C@]21O[Si](C)(C)C(C)(C)C. The lowest BCUT2D eigenvalue weighted by Crippen LogP contribution is -2.80. The van der Waals surface area contributed by atoms with Crippen molar-refractivity contribution in [1.82, 2.24) is 0 Å². The van der Waals surface area contributed by atoms with Crippen LogP contribution >= 0.6 is 0 Å². The van der Waals surface area contributed by atoms with E-state index in [0.29, 0.717) is 6.42 Å². The molecule has 0 bridgehead atoms. The van der Waals surface area contributed by atoms with E-state index >= 15 is 0 Å². The summed E-state index contributed by atoms with van der Waals surface area (Å²) in [6, 6.07) is 0. The Bertz CT molecular complexity index is 426. The van der Waals surface area contributed by atoms with Gasteiger partial charge in [-0.1, -0.05) is 47.0 Å². The molecule has 122 valence electrons. The largest absolute Gasteiger partial charge is 0.407 e. The maximum absolute atomic E-state index is 12.5. The van der Waals surface area contributed by atoms with E-state index in [2.05, 4.69) is 33.9 Å². The van der Waals surface area contributed by atoms with Gasteiger partial charge in [0.2, 0.25) is 0 Å². The van der Waals surface area contributed by atoms with E-state index in [4.69, 9.17) is 4.43 Å². The van der Waals surface area contributed by atoms with Crippen molar-refractivity contribution in [3.63, 3.8) is 0 Å². The van der Waals surface area contributed by atoms with Gasteiger partial charge in [-0.25, -0.2) is 0 Å². The summed E-state index contributed by atoms with van der Waals surface area (Å²) in [5.41, 5.74) is -1.83. The van der Waals surface area contributed by atoms with Gasteiger partial charge in [-0.15, -0.1) is 0 Å². The molecule has 3 atom stereocenters. The summed E-state index contributed by atoms with van der Waals surface area (Å²) in [4.78, 5) is 12.5. The molecular formula is C17H32O3Si. The second-order valence-corrected chi connectivity index (χ2v) is 13.2. The van der Waals surface area contributed by atoms with Gasteiger partial charge in [0.05, 0.1) is 5.92 Å². The van der Waals surface area contributed by atoms with Crippen molar-refractivity contribution in [2.45, 2.75) is 95.6 Å². The molecule has 0 aromatic carbocycles. The predicted octanol–water partition coefficient (Wildman–Crippen LogP) is 4.05. The molecule has 0 radical (unpaired) electrons. The molecule has 0 aromatic rings. The van der Waals surface area contributed by atoms with Gasteiger partial charge in [0.25, 0.3) is 0 Å². The first-order valence-corrected chi connectivity index (χ1v) is 11.4. The Kier molecular flexibility index (Phi) is 4.23. The fraction of sp³-hybridized carbons (Fsp3) is 0.941. The van der Waals surface area contributed by atoms with Crippen LogP contribution in [0.4, 0.5) is 0 Å². The number of Topliss-reactive ketones (excluding diaryl/α,β-unsaturated/α-hetero) is 1. The zero-order valence-corrected chi connectivity index (χ0v) is 15.6. The van der Waals surface area contributed by atoms with Crippen molar-refractivity contribution in [3.8, 4) is 0 Å². The molecule has 0 amide bonds. The average Bonchev–Trinajstić information content (AvgIpc) is 2.37. The van der Waals surface area contributed by atoms with Crippen molar-refractivity contribution in [3.05, 3.63) is 0 Å². The highest BCUT2D eigenvalue weighted by Gasteiger charge is 2.73. The lowest BCUT2D eigenvalue weighted by atomic mass is 9.50. The lowest BCUT2D eigenvalue weighted by Gasteiger charge is -2.64. The maximum atomic E-state index is 12.5. The summed E-state index contributed by atoms with van der Waals surface area (Å²) in [6.45, 7) is 13.1. The first-order chi connectivity index (χ1) is 9.52. The minimum absolute atomic E-state index is 0.0442. The maximum Gasteiger partial charge on any atom is 0.193 e. The molecule has 2 rings (SSSR count). The number of rotatable bonds is 4. The first kappa shape index (κ1) is 17.2. The number of aliphatic hydroxyl groups is 1. The van der Waals surface area contributed by atoms with Crippen LogP contribution in [-0.2, 0) is 9.22 Å². The van der Waals surface area contributed by atoms with E-state index in [1.165, 1.54) is 0 Å². The van der Waals surface area contributed by atoms with Gasteiger partial charge in [-0.3, -0.25) is 4.79 Å². The van der Waals surface area contributed by atoms with Crippen LogP contribution in [0.15, 0.2) is 0 Å². The van der Waals surface area contributed by atoms with Gasteiger partial charge in [0.15, 0.2) is 19.7 Å². The Hall–Kier alpha value is -0.193. The minimum atomic E-state index is -2.01. The zero-order chi connectivity index (χ0) is 16.1. The summed E-state index contributed by atoms with van der Waals surface area (Å²) in [7, 11) is -2.01. The van der Waals surface area contributed by atoms with Crippen molar-refractivity contribution in [2.75, 3.05) is 0 Å². The molecule has 0 spiro atoms. The van der Waals surface area contributed by atoms with Crippen molar-refractivity contribution in [1.29, 1.82) is 0 Å². The molecule has 4 heteroatoms. The number of hydrogen-bond acceptors (Lipinski definition) is 3. The molecule has 1 N–H and O–H groups in total. The molecule has 0 aliphatic heterocycles. The number of ketones is 1. The van der Waals surface area contributed by atoms with Gasteiger partial charge in [0.1, 0.15) is 5.60 Å². The van der Waals surface area contributed by atoms with Gasteiger partial charge in [0, 0.05) is 0 Å². The topological polar surface area (TPSA) is 46.5 Å². The van der Waals surface area contributed by atoms with Crippen LogP contribution in [0.1, 0.15) is 66.2 Å². The number of carbonyl (C=O) groups excluding carboxylic acids is 1. The summed E-state index contributed by atoms with van der Waals surface area (Å²) in [5.74, 6) is -0.0281. The van der Waals surface area contributed by atoms with Crippen LogP contribution in [0.25, 0.3) is 0 Å². The lowest BCUT2D eigenvalue weighted by molar-refractivity contribution is -0.241. The minimum Gasteiger partial charge on any atom is -0.407 e. The molecule has 2 aliphatic carbocycles. The van der Waals surface area contributed by atoms with Gasteiger partial charge < -0.3 is 9.53 Å². The number of carbonyl (C=O) groups is 1. The molecule has 0 aromatic heterocycles. The van der Waals surface area contributed by atoms with E-state index in [9.17, 15) is 9.90 Å². The second kappa shape index (κ2) is 5.17. The zero-order valence-electron chi connectivity index (χ0n) is 14.6. The smallest absolute Gasteiger partial charge is 0.193 e. The third kappa shape index (κ3) is 2.34. The van der Waals surface area contributed by atoms with Gasteiger partial charge in [-0.2, -0.15) is 0 Å². The van der Waals surface area contributed by atoms with E-state index in [1.807, 2.05) is 6.92 Å². The van der Waals surface area contributed by atoms with Crippen LogP contribution < -0.4 is 0 Å². The van der Waals surface area contributed by atoms with E-state index < -0.39 is 19.5 Å². The van der Waals surface area contributed by atoms with E-state index in [-0.39, 0.29) is 16.7 Å². The molecule has 21 heavy (non-hydrogen) atoms. The summed E-state index contributed by atoms with van der Waals surface area (Å²) in [6.07, 6.45) is 5.23. The summed E-state index contributed by atoms with van der Waals surface area (Å²) in [5, 5.41) is 11.2. The standard InChI is InChI=1S/C17H32O3Si/c1-7-11-16(19)14(18)13-10-8-9-12-17(13,16)20-21(5,6)15(2,3)4/h13,19H,7-12H2,1-6H3/t13-,16-,17+/m1/s1. The second-order valence-electron chi connectivity index (χ2n) is 8.52. The number of hydrogen-bond donors (Lipinski definition) is 1. The monoisotopic (exact) mass is 312 g/mol. The van der Waals surface area contributed by atoms with Crippen LogP contribution in [0, 0.1) is 5.92 Å². The Morgan fingerprint density at radius 2 is 1.95 bits per heavy atom. The van der Waals surface area contributed by atoms with Crippen LogP contribution in [0.2, 0.25) is 18.1 Å². The average molecular weight is 313 g/mol. The Balaban J connectivity index is 2.37. The molecule has 0 unspecified atom stereocenters. The molecule has 2 saturated carbocycles. The Morgan fingerprint density at radius 1 is 1.33 bits per heavy atom. The number of fused-ring (bicyclic) bond motifs is 1. The summed E-state index contributed by atoms with van der Waals surface area (Å²) >= 11 is 0. The highest BCUT2D eigenvalue weighted by atomic mass is 28.4. The molecular weight excluding hydrogens is 280 g/mol. The van der Waals surface area contributed by atoms with Crippen molar-refractivity contribution < 1.29 is 14.3 Å². The van der Waals surface area contributed by atoms with Crippen molar-refractivity contribution >= 4 is 14.1 Å². The molecule has 2 fully saturated rings. The van der Waals surface area contributed by atoms with Gasteiger partial charge >= 0.3 is 0 Å². The molecule has 3 nitrogen and oxygen atoms in total. The van der Waals surface area contributed by atoms with Crippen molar-refractivity contribution in [2.24, 2.45) is 5.92 Å². The van der Waals surface area contributed by atoms with Crippen LogP contribution in [-0.4, -0.2) is 30.4 Å². The predicted molar refractivity (Wildman–Crippen MR) is 87.8 cm³/mol. The quantitative estimate of drug-likeness (QED) is 0.797. The highest BCUT2D eigenvalue weighted by Crippen LogP contribution is 2.59. The Labute approximate surface area is 130 Å². The van der Waals surface area contributed by atoms with Gasteiger partial charge in [-0.05, 0) is 37.4 Å². The third-order valence-electron chi connectivity index (χ3n) is 6.13. The Morgan fingerprint density at radius 3 is 2.48 bits per heavy atom. The van der Waals surface area contributed by atoms with Crippen LogP contribution in [0.3, 0.4) is 0 Å². The summed E-state index contributed by atoms with van der Waals surface area (Å²) < 4.78 is 6.74. The highest BCUT2D eigenvalue weighted by molar-refractivity contribution is 6.74. The molecule has 0 saturated heterocycles. The van der Waals surface area contributed by atoms with E-state index in [0.717, 1.165) is 32.1 Å².